The van der Waals surface area contributed by atoms with Crippen molar-refractivity contribution in [3.8, 4) is 0 Å². The lowest BCUT2D eigenvalue weighted by atomic mass is 10.1. The first-order valence-electron chi connectivity index (χ1n) is 13.5. The average Bonchev–Trinajstić information content (AvgIpc) is 3.13. The van der Waals surface area contributed by atoms with Gasteiger partial charge in [0.05, 0.1) is 6.10 Å². The lowest BCUT2D eigenvalue weighted by Gasteiger charge is -2.44. The Bertz CT molecular complexity index is 1220. The van der Waals surface area contributed by atoms with Gasteiger partial charge in [0, 0.05) is 22.9 Å². The van der Waals surface area contributed by atoms with Crippen molar-refractivity contribution in [3.05, 3.63) is 63.4 Å². The van der Waals surface area contributed by atoms with E-state index in [0.29, 0.717) is 5.75 Å². The second-order valence-electron chi connectivity index (χ2n) is 13.4. The zero-order valence-electron chi connectivity index (χ0n) is 25.0. The Balaban J connectivity index is 2.08. The number of ether oxygens (including phenoxy) is 1. The van der Waals surface area contributed by atoms with Crippen LogP contribution in [0.25, 0.3) is 0 Å². The molecule has 0 aliphatic carbocycles. The fraction of sp³-hybridized carbons (Fsp3) is 0.643. The van der Waals surface area contributed by atoms with E-state index in [-0.39, 0.29) is 10.1 Å². The number of nitrogens with one attached hydrogen (secondary N) is 1. The van der Waals surface area contributed by atoms with Gasteiger partial charge in [-0.05, 0) is 48.4 Å². The van der Waals surface area contributed by atoms with Gasteiger partial charge in [0.2, 0.25) is 0 Å². The standard InChI is InChI=1S/C28H46N2O6SSi2/c1-27(2,3)38(7,8)35-23-22(20(31)18-37-19-14-12-11-13-15-19)34-25(30-17-16-21(32)29-26(30)33)24(23)36-39(9,10)28(4,5)6/h11-17,20,22-25,31H,18H2,1-10H3,(H,29,32,33)/t20?,22?,23-,24-,25-/m1/s1. The van der Waals surface area contributed by atoms with Gasteiger partial charge in [-0.1, -0.05) is 59.7 Å². The van der Waals surface area contributed by atoms with E-state index in [2.05, 4.69) is 72.7 Å². The summed E-state index contributed by atoms with van der Waals surface area (Å²) in [5.41, 5.74) is -1.07. The first-order valence-corrected chi connectivity index (χ1v) is 20.3. The van der Waals surface area contributed by atoms with Gasteiger partial charge in [-0.2, -0.15) is 0 Å². The van der Waals surface area contributed by atoms with Gasteiger partial charge >= 0.3 is 5.69 Å². The van der Waals surface area contributed by atoms with Crippen molar-refractivity contribution >= 4 is 28.4 Å². The fourth-order valence-corrected chi connectivity index (χ4v) is 7.40. The smallest absolute Gasteiger partial charge is 0.330 e. The molecule has 1 saturated heterocycles. The van der Waals surface area contributed by atoms with Crippen LogP contribution in [0.2, 0.25) is 36.3 Å². The second-order valence-corrected chi connectivity index (χ2v) is 24.0. The molecule has 1 aliphatic heterocycles. The molecule has 1 fully saturated rings. The summed E-state index contributed by atoms with van der Waals surface area (Å²) in [5.74, 6) is 0.381. The average molecular weight is 595 g/mol. The van der Waals surface area contributed by atoms with Crippen LogP contribution in [0.5, 0.6) is 0 Å². The van der Waals surface area contributed by atoms with Crippen LogP contribution < -0.4 is 11.2 Å². The molecule has 5 atom stereocenters. The summed E-state index contributed by atoms with van der Waals surface area (Å²) in [6.45, 7) is 21.6. The number of aromatic nitrogens is 2. The molecule has 1 aromatic carbocycles. The molecule has 218 valence electrons. The molecule has 0 radical (unpaired) electrons. The summed E-state index contributed by atoms with van der Waals surface area (Å²) in [6, 6.07) is 11.2. The molecule has 39 heavy (non-hydrogen) atoms. The van der Waals surface area contributed by atoms with E-state index in [1.165, 1.54) is 28.6 Å². The molecule has 0 amide bonds. The predicted octanol–water partition coefficient (Wildman–Crippen LogP) is 5.37. The predicted molar refractivity (Wildman–Crippen MR) is 163 cm³/mol. The molecule has 8 nitrogen and oxygen atoms in total. The van der Waals surface area contributed by atoms with Crippen LogP contribution in [0.3, 0.4) is 0 Å². The van der Waals surface area contributed by atoms with Crippen molar-refractivity contribution in [2.75, 3.05) is 5.75 Å². The molecule has 0 saturated carbocycles. The molecule has 1 aromatic heterocycles. The number of aliphatic hydroxyl groups is 1. The van der Waals surface area contributed by atoms with E-state index in [1.54, 1.807) is 0 Å². The van der Waals surface area contributed by atoms with Gasteiger partial charge in [0.15, 0.2) is 22.9 Å². The minimum absolute atomic E-state index is 0.101. The quantitative estimate of drug-likeness (QED) is 0.297. The number of hydrogen-bond acceptors (Lipinski definition) is 7. The Morgan fingerprint density at radius 1 is 0.949 bits per heavy atom. The van der Waals surface area contributed by atoms with Gasteiger partial charge in [0.25, 0.3) is 5.56 Å². The van der Waals surface area contributed by atoms with E-state index in [0.717, 1.165) is 4.90 Å². The van der Waals surface area contributed by atoms with Gasteiger partial charge in [0.1, 0.15) is 18.3 Å². The number of aromatic amines is 1. The molecule has 11 heteroatoms. The molecule has 3 rings (SSSR count). The van der Waals surface area contributed by atoms with Crippen LogP contribution in [0.15, 0.2) is 57.1 Å². The maximum atomic E-state index is 13.0. The highest BCUT2D eigenvalue weighted by atomic mass is 32.2. The van der Waals surface area contributed by atoms with Crippen LogP contribution in [-0.4, -0.2) is 61.5 Å². The Hall–Kier alpha value is -1.48. The summed E-state index contributed by atoms with van der Waals surface area (Å²) in [5, 5.41) is 11.3. The number of thioether (sulfide) groups is 1. The number of aliphatic hydroxyl groups excluding tert-OH is 1. The molecule has 2 aromatic rings. The van der Waals surface area contributed by atoms with Gasteiger partial charge < -0.3 is 18.7 Å². The fourth-order valence-electron chi connectivity index (χ4n) is 3.91. The van der Waals surface area contributed by atoms with E-state index in [1.807, 2.05) is 30.3 Å². The van der Waals surface area contributed by atoms with Crippen molar-refractivity contribution in [3.63, 3.8) is 0 Å². The topological polar surface area (TPSA) is 103 Å². The molecular weight excluding hydrogens is 549 g/mol. The summed E-state index contributed by atoms with van der Waals surface area (Å²) in [4.78, 5) is 28.2. The molecule has 0 spiro atoms. The van der Waals surface area contributed by atoms with E-state index in [9.17, 15) is 14.7 Å². The Morgan fingerprint density at radius 3 is 2.00 bits per heavy atom. The SMILES string of the molecule is CC(C)(C)[Si](C)(C)O[C@@H]1[C@H](O[Si](C)(C)C(C)(C)C)C(C(O)CSc2ccccc2)O[C@H]1n1ccc(=O)[nH]c1=O. The highest BCUT2D eigenvalue weighted by Crippen LogP contribution is 2.46. The number of hydrogen-bond donors (Lipinski definition) is 2. The van der Waals surface area contributed by atoms with E-state index >= 15 is 0 Å². The van der Waals surface area contributed by atoms with Crippen LogP contribution in [-0.2, 0) is 13.6 Å². The molecule has 2 unspecified atom stereocenters. The van der Waals surface area contributed by atoms with Crippen molar-refractivity contribution in [1.29, 1.82) is 0 Å². The number of nitrogens with zero attached hydrogens (tertiary/aromatic N) is 1. The number of rotatable bonds is 9. The lowest BCUT2D eigenvalue weighted by Crippen LogP contribution is -2.55. The largest absolute Gasteiger partial charge is 0.408 e. The number of H-pyrrole nitrogens is 1. The molecule has 2 heterocycles. The van der Waals surface area contributed by atoms with Crippen molar-refractivity contribution < 1.29 is 18.7 Å². The Morgan fingerprint density at radius 2 is 1.49 bits per heavy atom. The van der Waals surface area contributed by atoms with Gasteiger partial charge in [-0.3, -0.25) is 14.3 Å². The lowest BCUT2D eigenvalue weighted by molar-refractivity contribution is -0.0773. The highest BCUT2D eigenvalue weighted by Gasteiger charge is 2.56. The summed E-state index contributed by atoms with van der Waals surface area (Å²) in [7, 11) is -4.76. The molecule has 2 N–H and O–H groups in total. The number of benzene rings is 1. The summed E-state index contributed by atoms with van der Waals surface area (Å²) < 4.78 is 21.9. The van der Waals surface area contributed by atoms with Crippen LogP contribution in [0.1, 0.15) is 47.8 Å². The highest BCUT2D eigenvalue weighted by molar-refractivity contribution is 7.99. The van der Waals surface area contributed by atoms with E-state index < -0.39 is 58.5 Å². The first kappa shape index (κ1) is 32.0. The van der Waals surface area contributed by atoms with Crippen LogP contribution in [0, 0.1) is 0 Å². The van der Waals surface area contributed by atoms with Crippen LogP contribution in [0.4, 0.5) is 0 Å². The first-order chi connectivity index (χ1) is 17.8. The zero-order chi connectivity index (χ0) is 29.4. The Labute approximate surface area is 238 Å². The summed E-state index contributed by atoms with van der Waals surface area (Å²) >= 11 is 1.54. The maximum Gasteiger partial charge on any atom is 0.330 e. The molecule has 1 aliphatic rings. The van der Waals surface area contributed by atoms with E-state index in [4.69, 9.17) is 13.6 Å². The third kappa shape index (κ3) is 7.43. The monoisotopic (exact) mass is 594 g/mol. The third-order valence-electron chi connectivity index (χ3n) is 8.37. The second kappa shape index (κ2) is 11.8. The minimum atomic E-state index is -2.39. The van der Waals surface area contributed by atoms with Gasteiger partial charge in [-0.15, -0.1) is 11.8 Å². The third-order valence-corrected chi connectivity index (χ3v) is 18.4. The van der Waals surface area contributed by atoms with Crippen molar-refractivity contribution in [1.82, 2.24) is 9.55 Å². The van der Waals surface area contributed by atoms with Crippen molar-refractivity contribution in [2.45, 2.75) is 113 Å². The zero-order valence-corrected chi connectivity index (χ0v) is 27.8. The Kier molecular flexibility index (Phi) is 9.69. The van der Waals surface area contributed by atoms with Gasteiger partial charge in [-0.25, -0.2) is 4.79 Å². The minimum Gasteiger partial charge on any atom is -0.408 e. The normalized spacial score (nSPS) is 23.7. The summed E-state index contributed by atoms with van der Waals surface area (Å²) in [6.07, 6.45) is -2.35. The molecular formula is C28H46N2O6SSi2. The van der Waals surface area contributed by atoms with Crippen molar-refractivity contribution in [2.24, 2.45) is 0 Å². The molecule has 0 bridgehead atoms. The van der Waals surface area contributed by atoms with Crippen LogP contribution >= 0.6 is 11.8 Å². The maximum absolute atomic E-state index is 13.0.